The quantitative estimate of drug-likeness (QED) is 0.369. The van der Waals surface area contributed by atoms with Gasteiger partial charge in [-0.15, -0.1) is 0 Å². The summed E-state index contributed by atoms with van der Waals surface area (Å²) >= 11 is 10.6. The van der Waals surface area contributed by atoms with E-state index in [1.807, 2.05) is 18.2 Å². The molecule has 3 rings (SSSR count). The molecular weight excluding hydrogens is 446 g/mol. The second kappa shape index (κ2) is 12.1. The van der Waals surface area contributed by atoms with E-state index in [4.69, 9.17) is 24.4 Å². The van der Waals surface area contributed by atoms with Crippen molar-refractivity contribution >= 4 is 34.7 Å². The Labute approximate surface area is 197 Å². The third-order valence-electron chi connectivity index (χ3n) is 4.63. The zero-order valence-corrected chi connectivity index (χ0v) is 19.0. The van der Waals surface area contributed by atoms with Crippen molar-refractivity contribution in [3.8, 4) is 0 Å². The number of thiocarbonyl (C=S) groups is 2. The third kappa shape index (κ3) is 8.20. The van der Waals surface area contributed by atoms with Crippen molar-refractivity contribution < 1.29 is 8.78 Å². The minimum absolute atomic E-state index is 0.256. The monoisotopic (exact) mass is 470 g/mol. The summed E-state index contributed by atoms with van der Waals surface area (Å²) in [4.78, 5) is 0. The van der Waals surface area contributed by atoms with Gasteiger partial charge in [-0.2, -0.15) is 0 Å². The van der Waals surface area contributed by atoms with Crippen LogP contribution >= 0.6 is 24.4 Å². The fourth-order valence-corrected chi connectivity index (χ4v) is 3.20. The number of hydrogen-bond acceptors (Lipinski definition) is 2. The first-order chi connectivity index (χ1) is 15.5. The molecule has 3 aromatic rings. The molecule has 0 saturated heterocycles. The van der Waals surface area contributed by atoms with Crippen molar-refractivity contribution in [2.45, 2.75) is 26.2 Å². The van der Waals surface area contributed by atoms with E-state index >= 15 is 0 Å². The third-order valence-corrected chi connectivity index (χ3v) is 5.21. The second-order valence-corrected chi connectivity index (χ2v) is 7.96. The summed E-state index contributed by atoms with van der Waals surface area (Å²) in [5.41, 5.74) is 4.07. The molecule has 32 heavy (non-hydrogen) atoms. The molecule has 0 unspecified atom stereocenters. The van der Waals surface area contributed by atoms with E-state index in [9.17, 15) is 8.78 Å². The molecule has 0 fully saturated rings. The summed E-state index contributed by atoms with van der Waals surface area (Å²) in [5.74, 6) is -0.513. The molecule has 0 bridgehead atoms. The van der Waals surface area contributed by atoms with Crippen molar-refractivity contribution in [2.75, 3.05) is 0 Å². The lowest BCUT2D eigenvalue weighted by Crippen LogP contribution is -2.34. The fraction of sp³-hybridized carbons (Fsp3) is 0.167. The number of nitrogens with one attached hydrogen (secondary N) is 4. The molecule has 4 N–H and O–H groups in total. The lowest BCUT2D eigenvalue weighted by atomic mass is 10.1. The highest BCUT2D eigenvalue weighted by Gasteiger charge is 2.02. The Bertz CT molecular complexity index is 960. The Hall–Kier alpha value is -3.10. The molecule has 166 valence electrons. The Morgan fingerprint density at radius 2 is 0.875 bits per heavy atom. The van der Waals surface area contributed by atoms with Crippen molar-refractivity contribution in [2.24, 2.45) is 0 Å². The highest BCUT2D eigenvalue weighted by atomic mass is 32.1. The van der Waals surface area contributed by atoms with Gasteiger partial charge in [0, 0.05) is 26.2 Å². The van der Waals surface area contributed by atoms with Crippen LogP contribution in [0.15, 0.2) is 72.8 Å². The maximum atomic E-state index is 13.0. The largest absolute Gasteiger partial charge is 0.359 e. The van der Waals surface area contributed by atoms with Gasteiger partial charge in [0.05, 0.1) is 0 Å². The molecule has 0 spiro atoms. The van der Waals surface area contributed by atoms with Gasteiger partial charge in [0.1, 0.15) is 11.6 Å². The van der Waals surface area contributed by atoms with Crippen LogP contribution in [-0.4, -0.2) is 10.2 Å². The molecule has 0 aromatic heterocycles. The second-order valence-electron chi connectivity index (χ2n) is 7.15. The normalized spacial score (nSPS) is 10.3. The summed E-state index contributed by atoms with van der Waals surface area (Å²) < 4.78 is 25.9. The average molecular weight is 471 g/mol. The van der Waals surface area contributed by atoms with Gasteiger partial charge < -0.3 is 21.3 Å². The van der Waals surface area contributed by atoms with Crippen LogP contribution in [0.5, 0.6) is 0 Å². The topological polar surface area (TPSA) is 48.1 Å². The molecule has 0 aliphatic rings. The van der Waals surface area contributed by atoms with Gasteiger partial charge in [0.15, 0.2) is 10.2 Å². The Morgan fingerprint density at radius 3 is 1.25 bits per heavy atom. The minimum atomic E-state index is -0.256. The Kier molecular flexibility index (Phi) is 8.89. The number of rotatable bonds is 8. The van der Waals surface area contributed by atoms with Gasteiger partial charge >= 0.3 is 0 Å². The van der Waals surface area contributed by atoms with Gasteiger partial charge in [-0.05, 0) is 71.0 Å². The Morgan fingerprint density at radius 1 is 0.531 bits per heavy atom. The first kappa shape index (κ1) is 23.6. The van der Waals surface area contributed by atoms with Crippen molar-refractivity contribution in [1.29, 1.82) is 0 Å². The van der Waals surface area contributed by atoms with Gasteiger partial charge in [-0.1, -0.05) is 48.5 Å². The summed E-state index contributed by atoms with van der Waals surface area (Å²) in [5, 5.41) is 13.6. The van der Waals surface area contributed by atoms with E-state index in [0.717, 1.165) is 22.3 Å². The van der Waals surface area contributed by atoms with Crippen molar-refractivity contribution in [1.82, 2.24) is 21.3 Å². The highest BCUT2D eigenvalue weighted by molar-refractivity contribution is 7.80. The van der Waals surface area contributed by atoms with E-state index < -0.39 is 0 Å². The van der Waals surface area contributed by atoms with Crippen LogP contribution in [0.4, 0.5) is 8.78 Å². The van der Waals surface area contributed by atoms with E-state index in [1.54, 1.807) is 24.3 Å². The summed E-state index contributed by atoms with van der Waals surface area (Å²) in [6.45, 7) is 2.21. The van der Waals surface area contributed by atoms with Crippen LogP contribution in [-0.2, 0) is 26.2 Å². The lowest BCUT2D eigenvalue weighted by Gasteiger charge is -2.13. The molecule has 8 heteroatoms. The molecule has 0 heterocycles. The first-order valence-corrected chi connectivity index (χ1v) is 10.9. The summed E-state index contributed by atoms with van der Waals surface area (Å²) in [6, 6.07) is 20.7. The van der Waals surface area contributed by atoms with Crippen LogP contribution in [0.2, 0.25) is 0 Å². The first-order valence-electron chi connectivity index (χ1n) is 10.1. The maximum absolute atomic E-state index is 13.0. The summed E-state index contributed by atoms with van der Waals surface area (Å²) in [7, 11) is 0. The predicted octanol–water partition coefficient (Wildman–Crippen LogP) is 4.29. The minimum Gasteiger partial charge on any atom is -0.359 e. The van der Waals surface area contributed by atoms with Crippen LogP contribution in [0.3, 0.4) is 0 Å². The van der Waals surface area contributed by atoms with Crippen molar-refractivity contribution in [3.63, 3.8) is 0 Å². The molecule has 0 aliphatic heterocycles. The van der Waals surface area contributed by atoms with Gasteiger partial charge in [-0.25, -0.2) is 8.78 Å². The zero-order chi connectivity index (χ0) is 22.8. The van der Waals surface area contributed by atoms with Gasteiger partial charge in [0.2, 0.25) is 0 Å². The van der Waals surface area contributed by atoms with E-state index in [1.165, 1.54) is 24.3 Å². The van der Waals surface area contributed by atoms with Crippen LogP contribution in [0.25, 0.3) is 0 Å². The molecule has 0 aliphatic carbocycles. The zero-order valence-electron chi connectivity index (χ0n) is 17.3. The van der Waals surface area contributed by atoms with Gasteiger partial charge in [-0.3, -0.25) is 0 Å². The molecule has 3 aromatic carbocycles. The molecule has 4 nitrogen and oxygen atoms in total. The molecule has 0 saturated carbocycles. The van der Waals surface area contributed by atoms with Crippen LogP contribution in [0.1, 0.15) is 22.3 Å². The van der Waals surface area contributed by atoms with Gasteiger partial charge in [0.25, 0.3) is 0 Å². The smallest absolute Gasteiger partial charge is 0.166 e. The standard InChI is InChI=1S/C24H24F2N4S2/c25-21-8-4-17(5-9-21)13-27-23(31)29-15-19-2-1-3-20(12-19)16-30-24(32)28-14-18-6-10-22(26)11-7-18/h1-12H,13-16H2,(H2,27,29,31)(H2,28,30,32). The molecule has 0 atom stereocenters. The fourth-order valence-electron chi connectivity index (χ4n) is 2.91. The number of hydrogen-bond donors (Lipinski definition) is 4. The molecule has 0 radical (unpaired) electrons. The van der Waals surface area contributed by atoms with E-state index in [-0.39, 0.29) is 11.6 Å². The van der Waals surface area contributed by atoms with Crippen LogP contribution in [0, 0.1) is 11.6 Å². The molecular formula is C24H24F2N4S2. The number of halogens is 2. The van der Waals surface area contributed by atoms with Crippen molar-refractivity contribution in [3.05, 3.63) is 107 Å². The average Bonchev–Trinajstić information content (AvgIpc) is 2.81. The highest BCUT2D eigenvalue weighted by Crippen LogP contribution is 2.06. The lowest BCUT2D eigenvalue weighted by molar-refractivity contribution is 0.626. The number of benzene rings is 3. The predicted molar refractivity (Wildman–Crippen MR) is 132 cm³/mol. The SMILES string of the molecule is Fc1ccc(CNC(=S)NCc2cccc(CNC(=S)NCc3ccc(F)cc3)c2)cc1. The van der Waals surface area contributed by atoms with E-state index in [0.29, 0.717) is 36.4 Å². The van der Waals surface area contributed by atoms with E-state index in [2.05, 4.69) is 27.3 Å². The maximum Gasteiger partial charge on any atom is 0.166 e. The Balaban J connectivity index is 1.38. The molecule has 0 amide bonds. The summed E-state index contributed by atoms with van der Waals surface area (Å²) in [6.07, 6.45) is 0. The van der Waals surface area contributed by atoms with Crippen LogP contribution < -0.4 is 21.3 Å².